The van der Waals surface area contributed by atoms with Crippen molar-refractivity contribution in [3.8, 4) is 0 Å². The van der Waals surface area contributed by atoms with E-state index in [1.165, 1.54) is 11.3 Å². The monoisotopic (exact) mass is 213 g/mol. The molecule has 2 rings (SSSR count). The fourth-order valence-corrected chi connectivity index (χ4v) is 2.62. The van der Waals surface area contributed by atoms with Gasteiger partial charge in [-0.1, -0.05) is 11.6 Å². The van der Waals surface area contributed by atoms with Crippen LogP contribution in [0.1, 0.15) is 5.56 Å². The Hall–Kier alpha value is -0.770. The van der Waals surface area contributed by atoms with Crippen molar-refractivity contribution in [2.45, 2.75) is 6.61 Å². The largest absolute Gasteiger partial charge is 0.398 e. The molecule has 0 radical (unpaired) electrons. The van der Waals surface area contributed by atoms with E-state index in [1.54, 1.807) is 12.1 Å². The minimum atomic E-state index is 0.00451. The van der Waals surface area contributed by atoms with E-state index in [1.807, 2.05) is 5.38 Å². The Bertz CT molecular complexity index is 452. The molecule has 4 heteroatoms. The molecule has 0 atom stereocenters. The van der Waals surface area contributed by atoms with Crippen molar-refractivity contribution in [1.29, 1.82) is 0 Å². The molecule has 0 fully saturated rings. The topological polar surface area (TPSA) is 46.2 Å². The number of aliphatic hydroxyl groups is 1. The second kappa shape index (κ2) is 3.18. The Balaban J connectivity index is 2.87. The molecule has 2 aromatic rings. The summed E-state index contributed by atoms with van der Waals surface area (Å²) in [6.45, 7) is 0.00451. The maximum absolute atomic E-state index is 9.05. The minimum Gasteiger partial charge on any atom is -0.398 e. The van der Waals surface area contributed by atoms with Gasteiger partial charge in [-0.3, -0.25) is 0 Å². The lowest BCUT2D eigenvalue weighted by atomic mass is 10.1. The van der Waals surface area contributed by atoms with Crippen molar-refractivity contribution in [1.82, 2.24) is 0 Å². The summed E-state index contributed by atoms with van der Waals surface area (Å²) in [5, 5.41) is 12.5. The lowest BCUT2D eigenvalue weighted by Gasteiger charge is -2.00. The van der Waals surface area contributed by atoms with Gasteiger partial charge in [0.05, 0.1) is 16.3 Å². The normalized spacial score (nSPS) is 10.9. The number of hydrogen-bond acceptors (Lipinski definition) is 3. The van der Waals surface area contributed by atoms with Crippen molar-refractivity contribution in [3.05, 3.63) is 28.1 Å². The second-order valence-electron chi connectivity index (χ2n) is 2.76. The van der Waals surface area contributed by atoms with Crippen LogP contribution in [0, 0.1) is 0 Å². The number of fused-ring (bicyclic) bond motifs is 1. The molecule has 13 heavy (non-hydrogen) atoms. The number of thiophene rings is 1. The fourth-order valence-electron chi connectivity index (χ4n) is 1.32. The van der Waals surface area contributed by atoms with E-state index in [0.717, 1.165) is 15.6 Å². The van der Waals surface area contributed by atoms with Crippen LogP contribution in [-0.2, 0) is 6.61 Å². The van der Waals surface area contributed by atoms with E-state index in [4.69, 9.17) is 22.4 Å². The molecule has 68 valence electrons. The van der Waals surface area contributed by atoms with E-state index in [0.29, 0.717) is 10.7 Å². The molecule has 1 aromatic heterocycles. The van der Waals surface area contributed by atoms with Gasteiger partial charge in [0.15, 0.2) is 0 Å². The molecule has 0 saturated carbocycles. The summed E-state index contributed by atoms with van der Waals surface area (Å²) in [5.41, 5.74) is 7.30. The predicted octanol–water partition coefficient (Wildman–Crippen LogP) is 2.63. The summed E-state index contributed by atoms with van der Waals surface area (Å²) in [5.74, 6) is 0. The third-order valence-corrected chi connectivity index (χ3v) is 3.44. The lowest BCUT2D eigenvalue weighted by molar-refractivity contribution is 0.284. The Morgan fingerprint density at radius 1 is 1.46 bits per heavy atom. The van der Waals surface area contributed by atoms with E-state index < -0.39 is 0 Å². The van der Waals surface area contributed by atoms with Crippen molar-refractivity contribution in [2.24, 2.45) is 0 Å². The Morgan fingerprint density at radius 2 is 2.23 bits per heavy atom. The van der Waals surface area contributed by atoms with Crippen LogP contribution in [0.25, 0.3) is 10.1 Å². The maximum atomic E-state index is 9.05. The molecule has 0 unspecified atom stereocenters. The number of anilines is 1. The number of rotatable bonds is 1. The molecule has 2 nitrogen and oxygen atoms in total. The molecule has 0 aliphatic rings. The van der Waals surface area contributed by atoms with Gasteiger partial charge in [0.25, 0.3) is 0 Å². The number of nitrogen functional groups attached to an aromatic ring is 1. The van der Waals surface area contributed by atoms with Crippen molar-refractivity contribution >= 4 is 38.7 Å². The number of benzene rings is 1. The van der Waals surface area contributed by atoms with E-state index in [-0.39, 0.29) is 6.61 Å². The highest BCUT2D eigenvalue weighted by atomic mass is 35.5. The average molecular weight is 214 g/mol. The Kier molecular flexibility index (Phi) is 2.15. The molecule has 0 spiro atoms. The summed E-state index contributed by atoms with van der Waals surface area (Å²) in [6, 6.07) is 3.54. The van der Waals surface area contributed by atoms with Gasteiger partial charge in [0.1, 0.15) is 0 Å². The van der Waals surface area contributed by atoms with Crippen LogP contribution >= 0.6 is 22.9 Å². The van der Waals surface area contributed by atoms with Crippen molar-refractivity contribution in [2.75, 3.05) is 5.73 Å². The first-order valence-corrected chi connectivity index (χ1v) is 5.04. The third kappa shape index (κ3) is 1.29. The minimum absolute atomic E-state index is 0.00451. The number of hydrogen-bond donors (Lipinski definition) is 2. The van der Waals surface area contributed by atoms with Crippen LogP contribution in [0.5, 0.6) is 0 Å². The first-order valence-electron chi connectivity index (χ1n) is 3.79. The van der Waals surface area contributed by atoms with Gasteiger partial charge in [-0.2, -0.15) is 0 Å². The van der Waals surface area contributed by atoms with Crippen LogP contribution in [0.4, 0.5) is 5.69 Å². The average Bonchev–Trinajstić information content (AvgIpc) is 2.56. The van der Waals surface area contributed by atoms with Crippen LogP contribution in [0.3, 0.4) is 0 Å². The van der Waals surface area contributed by atoms with Gasteiger partial charge in [-0.25, -0.2) is 0 Å². The predicted molar refractivity (Wildman–Crippen MR) is 57.2 cm³/mol. The SMILES string of the molecule is Nc1ccc(Cl)c2scc(CO)c12. The van der Waals surface area contributed by atoms with Gasteiger partial charge in [0.2, 0.25) is 0 Å². The summed E-state index contributed by atoms with van der Waals surface area (Å²) >= 11 is 7.48. The highest BCUT2D eigenvalue weighted by Gasteiger charge is 2.08. The highest BCUT2D eigenvalue weighted by molar-refractivity contribution is 7.18. The first kappa shape index (κ1) is 8.81. The molecule has 0 aliphatic heterocycles. The molecule has 1 aromatic carbocycles. The van der Waals surface area contributed by atoms with Crippen molar-refractivity contribution in [3.63, 3.8) is 0 Å². The molecule has 0 bridgehead atoms. The quantitative estimate of drug-likeness (QED) is 0.716. The smallest absolute Gasteiger partial charge is 0.0696 e. The molecular formula is C9H8ClNOS. The standard InChI is InChI=1S/C9H8ClNOS/c10-6-1-2-7(11)8-5(3-12)4-13-9(6)8/h1-2,4,12H,3,11H2. The highest BCUT2D eigenvalue weighted by Crippen LogP contribution is 2.35. The van der Waals surface area contributed by atoms with Crippen LogP contribution in [0.15, 0.2) is 17.5 Å². The molecular weight excluding hydrogens is 206 g/mol. The Morgan fingerprint density at radius 3 is 2.92 bits per heavy atom. The van der Waals surface area contributed by atoms with E-state index in [9.17, 15) is 0 Å². The summed E-state index contributed by atoms with van der Waals surface area (Å²) in [6.07, 6.45) is 0. The molecule has 0 amide bonds. The van der Waals surface area contributed by atoms with Gasteiger partial charge in [-0.15, -0.1) is 11.3 Å². The zero-order chi connectivity index (χ0) is 9.42. The van der Waals surface area contributed by atoms with Crippen LogP contribution < -0.4 is 5.73 Å². The Labute approximate surface area is 84.6 Å². The summed E-state index contributed by atoms with van der Waals surface area (Å²) < 4.78 is 0.950. The van der Waals surface area contributed by atoms with Crippen LogP contribution in [-0.4, -0.2) is 5.11 Å². The van der Waals surface area contributed by atoms with Gasteiger partial charge in [0, 0.05) is 11.1 Å². The van der Waals surface area contributed by atoms with Gasteiger partial charge >= 0.3 is 0 Å². The molecule has 1 heterocycles. The summed E-state index contributed by atoms with van der Waals surface area (Å²) in [7, 11) is 0. The maximum Gasteiger partial charge on any atom is 0.0696 e. The number of aliphatic hydroxyl groups excluding tert-OH is 1. The number of nitrogens with two attached hydrogens (primary N) is 1. The molecule has 0 aliphatic carbocycles. The van der Waals surface area contributed by atoms with Gasteiger partial charge in [-0.05, 0) is 23.1 Å². The van der Waals surface area contributed by atoms with Gasteiger partial charge < -0.3 is 10.8 Å². The first-order chi connectivity index (χ1) is 6.24. The lowest BCUT2D eigenvalue weighted by Crippen LogP contribution is -1.88. The molecule has 0 saturated heterocycles. The van der Waals surface area contributed by atoms with E-state index in [2.05, 4.69) is 0 Å². The van der Waals surface area contributed by atoms with Crippen molar-refractivity contribution < 1.29 is 5.11 Å². The fraction of sp³-hybridized carbons (Fsp3) is 0.111. The molecule has 3 N–H and O–H groups in total. The van der Waals surface area contributed by atoms with E-state index >= 15 is 0 Å². The van der Waals surface area contributed by atoms with Crippen LogP contribution in [0.2, 0.25) is 5.02 Å². The zero-order valence-corrected chi connectivity index (χ0v) is 8.32. The summed E-state index contributed by atoms with van der Waals surface area (Å²) in [4.78, 5) is 0. The second-order valence-corrected chi connectivity index (χ2v) is 4.05. The third-order valence-electron chi connectivity index (χ3n) is 1.95. The zero-order valence-electron chi connectivity index (χ0n) is 6.75. The number of halogens is 1.